The van der Waals surface area contributed by atoms with Gasteiger partial charge in [-0.3, -0.25) is 4.79 Å². The summed E-state index contributed by atoms with van der Waals surface area (Å²) in [5.74, 6) is 1.13. The number of rotatable bonds is 5. The number of aromatic amines is 1. The number of hydrogen-bond acceptors (Lipinski definition) is 3. The van der Waals surface area contributed by atoms with Gasteiger partial charge in [0.2, 0.25) is 11.9 Å². The summed E-state index contributed by atoms with van der Waals surface area (Å²) in [6.45, 7) is 2.47. The Morgan fingerprint density at radius 3 is 3.04 bits per heavy atom. The Hall–Kier alpha value is -2.30. The number of nitrogens with zero attached hydrogens (tertiary/aromatic N) is 2. The number of benzene rings is 1. The van der Waals surface area contributed by atoms with E-state index in [0.717, 1.165) is 55.9 Å². The van der Waals surface area contributed by atoms with Crippen molar-refractivity contribution in [2.24, 2.45) is 5.92 Å². The lowest BCUT2D eigenvalue weighted by Crippen LogP contribution is -2.43. The number of para-hydroxylation sites is 2. The summed E-state index contributed by atoms with van der Waals surface area (Å²) in [5, 5.41) is 3.16. The van der Waals surface area contributed by atoms with Gasteiger partial charge in [0.25, 0.3) is 0 Å². The van der Waals surface area contributed by atoms with Gasteiger partial charge in [-0.1, -0.05) is 23.8 Å². The third-order valence-corrected chi connectivity index (χ3v) is 5.60. The van der Waals surface area contributed by atoms with E-state index >= 15 is 0 Å². The maximum atomic E-state index is 12.6. The van der Waals surface area contributed by atoms with Gasteiger partial charge in [0, 0.05) is 19.6 Å². The lowest BCUT2D eigenvalue weighted by molar-refractivity contribution is -0.125. The number of amides is 1. The smallest absolute Gasteiger partial charge is 0.224 e. The number of anilines is 1. The summed E-state index contributed by atoms with van der Waals surface area (Å²) in [5.41, 5.74) is 3.55. The van der Waals surface area contributed by atoms with Crippen LogP contribution in [0.3, 0.4) is 0 Å². The van der Waals surface area contributed by atoms with E-state index in [-0.39, 0.29) is 11.8 Å². The number of nitrogens with one attached hydrogen (secondary N) is 2. The van der Waals surface area contributed by atoms with Gasteiger partial charge in [-0.05, 0) is 57.1 Å². The first kappa shape index (κ1) is 17.1. The number of carbonyl (C=O) groups excluding carboxylic acids is 1. The zero-order valence-corrected chi connectivity index (χ0v) is 15.3. The SMILES string of the molecule is O=C(NCCC1=CCCCC1)[C@@H]1CCCN(c2nc3ccccc3[nH]2)C1. The van der Waals surface area contributed by atoms with Crippen molar-refractivity contribution in [2.75, 3.05) is 24.5 Å². The molecular weight excluding hydrogens is 324 g/mol. The summed E-state index contributed by atoms with van der Waals surface area (Å²) in [7, 11) is 0. The number of fused-ring (bicyclic) bond motifs is 1. The van der Waals surface area contributed by atoms with Crippen LogP contribution in [0.1, 0.15) is 44.9 Å². The highest BCUT2D eigenvalue weighted by Gasteiger charge is 2.27. The van der Waals surface area contributed by atoms with Crippen LogP contribution in [0.25, 0.3) is 11.0 Å². The molecule has 2 heterocycles. The number of allylic oxidation sites excluding steroid dienone is 1. The van der Waals surface area contributed by atoms with E-state index in [1.54, 1.807) is 0 Å². The van der Waals surface area contributed by atoms with E-state index in [4.69, 9.17) is 0 Å². The van der Waals surface area contributed by atoms with Crippen molar-refractivity contribution in [3.63, 3.8) is 0 Å². The van der Waals surface area contributed by atoms with E-state index in [0.29, 0.717) is 0 Å². The minimum atomic E-state index is 0.0531. The Kier molecular flexibility index (Phi) is 5.23. The van der Waals surface area contributed by atoms with Crippen LogP contribution in [0.15, 0.2) is 35.9 Å². The summed E-state index contributed by atoms with van der Waals surface area (Å²) in [4.78, 5) is 22.9. The number of carbonyl (C=O) groups is 1. The van der Waals surface area contributed by atoms with Gasteiger partial charge in [-0.2, -0.15) is 0 Å². The molecule has 1 aliphatic carbocycles. The Morgan fingerprint density at radius 2 is 2.19 bits per heavy atom. The van der Waals surface area contributed by atoms with Crippen LogP contribution >= 0.6 is 0 Å². The molecule has 138 valence electrons. The number of aromatic nitrogens is 2. The fourth-order valence-electron chi connectivity index (χ4n) is 4.09. The Bertz CT molecular complexity index is 761. The molecule has 4 rings (SSSR count). The molecule has 26 heavy (non-hydrogen) atoms. The van der Waals surface area contributed by atoms with Crippen molar-refractivity contribution in [2.45, 2.75) is 44.9 Å². The molecule has 0 radical (unpaired) electrons. The molecule has 1 amide bonds. The summed E-state index contributed by atoms with van der Waals surface area (Å²) < 4.78 is 0. The molecule has 1 saturated heterocycles. The van der Waals surface area contributed by atoms with Gasteiger partial charge in [0.15, 0.2) is 0 Å². The van der Waals surface area contributed by atoms with Gasteiger partial charge in [-0.25, -0.2) is 4.98 Å². The quantitative estimate of drug-likeness (QED) is 0.805. The topological polar surface area (TPSA) is 61.0 Å². The normalized spacial score (nSPS) is 20.8. The first-order valence-corrected chi connectivity index (χ1v) is 9.95. The van der Waals surface area contributed by atoms with Crippen LogP contribution < -0.4 is 10.2 Å². The maximum Gasteiger partial charge on any atom is 0.224 e. The Balaban J connectivity index is 1.32. The van der Waals surface area contributed by atoms with Crippen LogP contribution in [0.2, 0.25) is 0 Å². The van der Waals surface area contributed by atoms with Crippen molar-refractivity contribution in [3.8, 4) is 0 Å². The Labute approximate surface area is 154 Å². The molecule has 1 aliphatic heterocycles. The van der Waals surface area contributed by atoms with Gasteiger partial charge in [0.1, 0.15) is 0 Å². The second-order valence-corrected chi connectivity index (χ2v) is 7.51. The highest BCUT2D eigenvalue weighted by atomic mass is 16.1. The maximum absolute atomic E-state index is 12.6. The molecule has 1 aromatic heterocycles. The molecule has 0 spiro atoms. The lowest BCUT2D eigenvalue weighted by atomic mass is 9.96. The van der Waals surface area contributed by atoms with Crippen LogP contribution in [0.5, 0.6) is 0 Å². The third kappa shape index (κ3) is 3.92. The standard InChI is InChI=1S/C21H28N4O/c26-20(22-13-12-16-7-2-1-3-8-16)17-9-6-14-25(15-17)21-23-18-10-4-5-11-19(18)24-21/h4-5,7,10-11,17H,1-3,6,8-9,12-15H2,(H,22,26)(H,23,24)/t17-/m1/s1. The molecule has 0 bridgehead atoms. The molecule has 0 unspecified atom stereocenters. The number of imidazole rings is 1. The van der Waals surface area contributed by atoms with E-state index in [9.17, 15) is 4.79 Å². The minimum absolute atomic E-state index is 0.0531. The number of H-pyrrole nitrogens is 1. The molecule has 5 heteroatoms. The zero-order chi connectivity index (χ0) is 17.8. The first-order chi connectivity index (χ1) is 12.8. The average molecular weight is 352 g/mol. The van der Waals surface area contributed by atoms with E-state index in [1.807, 2.05) is 24.3 Å². The highest BCUT2D eigenvalue weighted by molar-refractivity contribution is 5.80. The molecule has 2 N–H and O–H groups in total. The van der Waals surface area contributed by atoms with Gasteiger partial charge >= 0.3 is 0 Å². The van der Waals surface area contributed by atoms with Gasteiger partial charge in [0.05, 0.1) is 17.0 Å². The fraction of sp³-hybridized carbons (Fsp3) is 0.524. The minimum Gasteiger partial charge on any atom is -0.355 e. The third-order valence-electron chi connectivity index (χ3n) is 5.60. The van der Waals surface area contributed by atoms with Crippen molar-refractivity contribution in [1.29, 1.82) is 0 Å². The zero-order valence-electron chi connectivity index (χ0n) is 15.3. The second kappa shape index (κ2) is 7.94. The summed E-state index contributed by atoms with van der Waals surface area (Å²) >= 11 is 0. The first-order valence-electron chi connectivity index (χ1n) is 9.95. The van der Waals surface area contributed by atoms with Crippen LogP contribution in [-0.4, -0.2) is 35.5 Å². The Morgan fingerprint density at radius 1 is 1.27 bits per heavy atom. The van der Waals surface area contributed by atoms with E-state index in [1.165, 1.54) is 31.3 Å². The lowest BCUT2D eigenvalue weighted by Gasteiger charge is -2.31. The molecule has 1 aromatic carbocycles. The molecular formula is C21H28N4O. The monoisotopic (exact) mass is 352 g/mol. The van der Waals surface area contributed by atoms with Gasteiger partial charge in [-0.15, -0.1) is 0 Å². The van der Waals surface area contributed by atoms with Crippen LogP contribution in [-0.2, 0) is 4.79 Å². The predicted octanol–water partition coefficient (Wildman–Crippen LogP) is 3.79. The highest BCUT2D eigenvalue weighted by Crippen LogP contribution is 2.24. The molecule has 2 aromatic rings. The van der Waals surface area contributed by atoms with Crippen LogP contribution in [0.4, 0.5) is 5.95 Å². The number of hydrogen-bond donors (Lipinski definition) is 2. The van der Waals surface area contributed by atoms with Crippen molar-refractivity contribution in [3.05, 3.63) is 35.9 Å². The van der Waals surface area contributed by atoms with Crippen molar-refractivity contribution < 1.29 is 4.79 Å². The predicted molar refractivity (Wildman–Crippen MR) is 105 cm³/mol. The molecule has 5 nitrogen and oxygen atoms in total. The largest absolute Gasteiger partial charge is 0.355 e. The molecule has 1 atom stereocenters. The summed E-state index contributed by atoms with van der Waals surface area (Å²) in [6, 6.07) is 8.07. The van der Waals surface area contributed by atoms with E-state index in [2.05, 4.69) is 26.3 Å². The van der Waals surface area contributed by atoms with Gasteiger partial charge < -0.3 is 15.2 Å². The molecule has 2 aliphatic rings. The fourth-order valence-corrected chi connectivity index (χ4v) is 4.09. The second-order valence-electron chi connectivity index (χ2n) is 7.51. The van der Waals surface area contributed by atoms with Crippen LogP contribution in [0, 0.1) is 5.92 Å². The summed E-state index contributed by atoms with van der Waals surface area (Å²) in [6.07, 6.45) is 10.4. The molecule has 0 saturated carbocycles. The molecule has 1 fully saturated rings. The van der Waals surface area contributed by atoms with Crippen molar-refractivity contribution in [1.82, 2.24) is 15.3 Å². The average Bonchev–Trinajstić information content (AvgIpc) is 3.13. The number of piperidine rings is 1. The van der Waals surface area contributed by atoms with Crippen molar-refractivity contribution >= 4 is 22.9 Å². The van der Waals surface area contributed by atoms with E-state index < -0.39 is 0 Å².